The monoisotopic (exact) mass is 510 g/mol. The first-order valence-electron chi connectivity index (χ1n) is 12.0. The first-order valence-corrected chi connectivity index (χ1v) is 12.4. The van der Waals surface area contributed by atoms with Gasteiger partial charge in [0.25, 0.3) is 0 Å². The molecule has 0 radical (unpaired) electrons. The Bertz CT molecular complexity index is 1270. The van der Waals surface area contributed by atoms with Crippen molar-refractivity contribution in [2.24, 2.45) is 0 Å². The minimum absolute atomic E-state index is 0.0655. The van der Waals surface area contributed by atoms with Gasteiger partial charge in [0, 0.05) is 67.1 Å². The van der Waals surface area contributed by atoms with Crippen LogP contribution in [0.25, 0.3) is 22.4 Å². The van der Waals surface area contributed by atoms with Crippen molar-refractivity contribution in [1.29, 1.82) is 0 Å². The highest BCUT2D eigenvalue weighted by Gasteiger charge is 2.22. The number of hydrogen-bond acceptors (Lipinski definition) is 7. The van der Waals surface area contributed by atoms with Crippen molar-refractivity contribution >= 4 is 29.0 Å². The van der Waals surface area contributed by atoms with Crippen LogP contribution < -0.4 is 15.4 Å². The summed E-state index contributed by atoms with van der Waals surface area (Å²) >= 11 is 6.13. The van der Waals surface area contributed by atoms with E-state index in [1.165, 1.54) is 12.1 Å². The van der Waals surface area contributed by atoms with Crippen LogP contribution in [0.3, 0.4) is 0 Å². The molecule has 2 aromatic heterocycles. The SMILES string of the molecule is CN1CCN(CCC(=O)Nc2cncc(-c3cc(-c4cc(Cl)ccc4F)nc4c3OCCN4)c2)CC1. The van der Waals surface area contributed by atoms with E-state index in [1.54, 1.807) is 24.5 Å². The van der Waals surface area contributed by atoms with Gasteiger partial charge in [-0.2, -0.15) is 0 Å². The van der Waals surface area contributed by atoms with E-state index in [1.807, 2.05) is 6.07 Å². The predicted octanol–water partition coefficient (Wildman–Crippen LogP) is 3.98. The summed E-state index contributed by atoms with van der Waals surface area (Å²) in [7, 11) is 2.11. The fraction of sp³-hybridized carbons (Fsp3) is 0.346. The van der Waals surface area contributed by atoms with Gasteiger partial charge in [-0.25, -0.2) is 9.37 Å². The van der Waals surface area contributed by atoms with E-state index >= 15 is 0 Å². The molecule has 3 aromatic rings. The number of pyridine rings is 2. The number of rotatable bonds is 6. The average molecular weight is 511 g/mol. The number of hydrogen-bond donors (Lipinski definition) is 2. The van der Waals surface area contributed by atoms with Crippen LogP contribution in [0.1, 0.15) is 6.42 Å². The minimum atomic E-state index is -0.422. The van der Waals surface area contributed by atoms with Crippen molar-refractivity contribution < 1.29 is 13.9 Å². The Morgan fingerprint density at radius 1 is 1.17 bits per heavy atom. The molecule has 1 amide bonds. The van der Waals surface area contributed by atoms with Crippen molar-refractivity contribution in [2.75, 3.05) is 63.6 Å². The molecule has 8 nitrogen and oxygen atoms in total. The molecular weight excluding hydrogens is 483 g/mol. The Morgan fingerprint density at radius 2 is 2.00 bits per heavy atom. The molecule has 2 N–H and O–H groups in total. The van der Waals surface area contributed by atoms with Crippen LogP contribution in [0.5, 0.6) is 5.75 Å². The summed E-state index contributed by atoms with van der Waals surface area (Å²) in [6.07, 6.45) is 3.71. The average Bonchev–Trinajstić information content (AvgIpc) is 2.89. The molecule has 0 saturated carbocycles. The molecule has 0 bridgehead atoms. The number of aromatic nitrogens is 2. The number of amides is 1. The van der Waals surface area contributed by atoms with Crippen LogP contribution >= 0.6 is 11.6 Å². The second-order valence-electron chi connectivity index (χ2n) is 9.04. The Labute approximate surface area is 214 Å². The zero-order valence-corrected chi connectivity index (χ0v) is 20.8. The molecule has 0 unspecified atom stereocenters. The number of piperazine rings is 1. The number of nitrogens with zero attached hydrogens (tertiary/aromatic N) is 4. The van der Waals surface area contributed by atoms with Crippen molar-refractivity contribution in [3.05, 3.63) is 53.6 Å². The molecule has 0 aliphatic carbocycles. The van der Waals surface area contributed by atoms with Gasteiger partial charge in [-0.3, -0.25) is 9.78 Å². The number of ether oxygens (including phenoxy) is 1. The summed E-state index contributed by atoms with van der Waals surface area (Å²) in [4.78, 5) is 26.1. The first kappa shape index (κ1) is 24.4. The minimum Gasteiger partial charge on any atom is -0.487 e. The zero-order valence-electron chi connectivity index (χ0n) is 20.1. The molecule has 1 aromatic carbocycles. The highest BCUT2D eigenvalue weighted by Crippen LogP contribution is 2.41. The van der Waals surface area contributed by atoms with E-state index in [0.717, 1.165) is 38.3 Å². The molecule has 10 heteroatoms. The zero-order chi connectivity index (χ0) is 25.1. The lowest BCUT2D eigenvalue weighted by Crippen LogP contribution is -2.45. The maximum atomic E-state index is 14.6. The third-order valence-electron chi connectivity index (χ3n) is 6.40. The standard InChI is InChI=1S/C26H28ClFN6O2/c1-33-7-9-34(10-8-33)6-4-24(35)31-19-12-17(15-29-16-19)20-14-23(21-13-18(27)2-3-22(21)28)32-26-25(20)36-11-5-30-26/h2-3,12-16H,4-11H2,1H3,(H,30,32)(H,31,35). The Balaban J connectivity index is 1.38. The van der Waals surface area contributed by atoms with E-state index in [2.05, 4.69) is 37.4 Å². The van der Waals surface area contributed by atoms with Gasteiger partial charge >= 0.3 is 0 Å². The quantitative estimate of drug-likeness (QED) is 0.519. The number of fused-ring (bicyclic) bond motifs is 1. The first-order chi connectivity index (χ1) is 17.5. The van der Waals surface area contributed by atoms with Crippen LogP contribution in [0.4, 0.5) is 15.9 Å². The summed E-state index contributed by atoms with van der Waals surface area (Å²) < 4.78 is 20.6. The van der Waals surface area contributed by atoms with Crippen LogP contribution in [-0.2, 0) is 4.79 Å². The molecule has 5 rings (SSSR count). The predicted molar refractivity (Wildman–Crippen MR) is 139 cm³/mol. The van der Waals surface area contributed by atoms with Crippen molar-refractivity contribution in [1.82, 2.24) is 19.8 Å². The Morgan fingerprint density at radius 3 is 2.83 bits per heavy atom. The maximum Gasteiger partial charge on any atom is 0.225 e. The highest BCUT2D eigenvalue weighted by atomic mass is 35.5. The van der Waals surface area contributed by atoms with Gasteiger partial charge in [0.15, 0.2) is 11.6 Å². The number of likely N-dealkylation sites (N-methyl/N-ethyl adjacent to an activating group) is 1. The smallest absolute Gasteiger partial charge is 0.225 e. The number of benzene rings is 1. The van der Waals surface area contributed by atoms with Crippen molar-refractivity contribution in [3.63, 3.8) is 0 Å². The van der Waals surface area contributed by atoms with Crippen LogP contribution in [-0.4, -0.2) is 78.6 Å². The van der Waals surface area contributed by atoms with Crippen LogP contribution in [0, 0.1) is 5.82 Å². The second kappa shape index (κ2) is 10.8. The summed E-state index contributed by atoms with van der Waals surface area (Å²) in [5, 5.41) is 6.60. The molecule has 2 aliphatic rings. The van der Waals surface area contributed by atoms with Crippen LogP contribution in [0.2, 0.25) is 5.02 Å². The highest BCUT2D eigenvalue weighted by molar-refractivity contribution is 6.30. The van der Waals surface area contributed by atoms with E-state index < -0.39 is 5.82 Å². The van der Waals surface area contributed by atoms with Gasteiger partial charge < -0.3 is 25.2 Å². The molecule has 36 heavy (non-hydrogen) atoms. The number of nitrogens with one attached hydrogen (secondary N) is 2. The van der Waals surface area contributed by atoms with Gasteiger partial charge in [0.05, 0.1) is 24.1 Å². The maximum absolute atomic E-state index is 14.6. The van der Waals surface area contributed by atoms with E-state index in [4.69, 9.17) is 16.3 Å². The fourth-order valence-electron chi connectivity index (χ4n) is 4.38. The summed E-state index contributed by atoms with van der Waals surface area (Å²) in [5.74, 6) is 0.598. The van der Waals surface area contributed by atoms with Gasteiger partial charge in [-0.1, -0.05) is 11.6 Å². The van der Waals surface area contributed by atoms with E-state index in [9.17, 15) is 9.18 Å². The van der Waals surface area contributed by atoms with Gasteiger partial charge in [-0.05, 0) is 37.4 Å². The van der Waals surface area contributed by atoms with Gasteiger partial charge in [0.1, 0.15) is 12.4 Å². The lowest BCUT2D eigenvalue weighted by atomic mass is 10.0. The number of carbonyl (C=O) groups is 1. The van der Waals surface area contributed by atoms with E-state index in [-0.39, 0.29) is 5.91 Å². The topological polar surface area (TPSA) is 82.6 Å². The summed E-state index contributed by atoms with van der Waals surface area (Å²) in [6.45, 7) is 5.75. The molecule has 0 atom stereocenters. The number of anilines is 2. The lowest BCUT2D eigenvalue weighted by Gasteiger charge is -2.32. The van der Waals surface area contributed by atoms with Crippen molar-refractivity contribution in [2.45, 2.75) is 6.42 Å². The fourth-order valence-corrected chi connectivity index (χ4v) is 4.55. The largest absolute Gasteiger partial charge is 0.487 e. The summed E-state index contributed by atoms with van der Waals surface area (Å²) in [6, 6.07) is 7.97. The van der Waals surface area contributed by atoms with Gasteiger partial charge in [0.2, 0.25) is 5.91 Å². The number of carbonyl (C=O) groups excluding carboxylic acids is 1. The second-order valence-corrected chi connectivity index (χ2v) is 9.47. The lowest BCUT2D eigenvalue weighted by molar-refractivity contribution is -0.116. The molecule has 1 fully saturated rings. The Hall–Kier alpha value is -3.27. The normalized spacial score (nSPS) is 16.1. The Kier molecular flexibility index (Phi) is 7.31. The number of halogens is 2. The van der Waals surface area contributed by atoms with Gasteiger partial charge in [-0.15, -0.1) is 0 Å². The third-order valence-corrected chi connectivity index (χ3v) is 6.64. The van der Waals surface area contributed by atoms with Crippen molar-refractivity contribution in [3.8, 4) is 28.1 Å². The van der Waals surface area contributed by atoms with E-state index in [0.29, 0.717) is 58.7 Å². The third kappa shape index (κ3) is 5.59. The molecule has 0 spiro atoms. The molecule has 4 heterocycles. The van der Waals surface area contributed by atoms with Crippen LogP contribution in [0.15, 0.2) is 42.7 Å². The molecule has 1 saturated heterocycles. The molecular formula is C26H28ClFN6O2. The molecule has 2 aliphatic heterocycles. The molecule has 188 valence electrons. The summed E-state index contributed by atoms with van der Waals surface area (Å²) in [5.41, 5.74) is 2.71.